The summed E-state index contributed by atoms with van der Waals surface area (Å²) in [6.45, 7) is 24.4. The second-order valence-electron chi connectivity index (χ2n) is 36.7. The fraction of sp³-hybridized carbons (Fsp3) is 0.351. The molecule has 25 nitrogen and oxygen atoms in total. The van der Waals surface area contributed by atoms with Crippen molar-refractivity contribution in [3.63, 3.8) is 0 Å². The Kier molecular flexibility index (Phi) is 34.7. The second-order valence-corrected chi connectivity index (χ2v) is 36.7. The number of aliphatic hydroxyl groups is 3. The number of amides is 7. The van der Waals surface area contributed by atoms with Gasteiger partial charge < -0.3 is 50.0 Å². The molecule has 26 heteroatoms. The third-order valence-electron chi connectivity index (χ3n) is 26.6. The van der Waals surface area contributed by atoms with Gasteiger partial charge in [-0.3, -0.25) is 38.5 Å². The fourth-order valence-corrected chi connectivity index (χ4v) is 18.6. The lowest BCUT2D eigenvalue weighted by Crippen LogP contribution is -2.46. The summed E-state index contributed by atoms with van der Waals surface area (Å²) in [6.07, 6.45) is 14.9. The van der Waals surface area contributed by atoms with Gasteiger partial charge in [0.2, 0.25) is 5.91 Å². The van der Waals surface area contributed by atoms with E-state index >= 15 is 0 Å². The van der Waals surface area contributed by atoms with Crippen LogP contribution in [0.3, 0.4) is 0 Å². The lowest BCUT2D eigenvalue weighted by molar-refractivity contribution is -0.114. The van der Waals surface area contributed by atoms with Gasteiger partial charge in [0.05, 0.1) is 82.8 Å². The number of hydrogen-bond donors (Lipinski definition) is 4. The van der Waals surface area contributed by atoms with Crippen molar-refractivity contribution in [2.75, 3.05) is 64.4 Å². The average Bonchev–Trinajstić information content (AvgIpc) is 1.51. The summed E-state index contributed by atoms with van der Waals surface area (Å²) < 4.78 is 19.2. The van der Waals surface area contributed by atoms with E-state index in [9.17, 15) is 58.5 Å². The van der Waals surface area contributed by atoms with Gasteiger partial charge in [-0.05, 0) is 231 Å². The van der Waals surface area contributed by atoms with Crippen molar-refractivity contribution in [1.29, 1.82) is 5.26 Å². The molecule has 0 bridgehead atoms. The minimum atomic E-state index is -0.617. The van der Waals surface area contributed by atoms with Gasteiger partial charge in [-0.15, -0.1) is 0 Å². The number of aromatic nitrogens is 7. The summed E-state index contributed by atoms with van der Waals surface area (Å²) in [5.74, 6) is -1.82. The van der Waals surface area contributed by atoms with Crippen molar-refractivity contribution < 1.29 is 53.3 Å². The fourth-order valence-electron chi connectivity index (χ4n) is 18.6. The van der Waals surface area contributed by atoms with Gasteiger partial charge in [-0.2, -0.15) is 20.6 Å². The lowest BCUT2D eigenvalue weighted by atomic mass is 9.93. The molecule has 0 saturated heterocycles. The number of rotatable bonds is 34. The maximum Gasteiger partial charge on any atom is 0.274 e. The summed E-state index contributed by atoms with van der Waals surface area (Å²) in [6, 6.07) is 68.6. The van der Waals surface area contributed by atoms with E-state index in [4.69, 9.17) is 15.3 Å². The van der Waals surface area contributed by atoms with Crippen LogP contribution in [0.25, 0.3) is 61.3 Å². The van der Waals surface area contributed by atoms with Crippen molar-refractivity contribution in [3.05, 3.63) is 320 Å². The Morgan fingerprint density at radius 1 is 0.393 bits per heavy atom. The molecule has 9 aromatic carbocycles. The number of nitrogens with one attached hydrogen (secondary N) is 1. The third kappa shape index (κ3) is 23.6. The molecule has 0 fully saturated rings. The van der Waals surface area contributed by atoms with Gasteiger partial charge >= 0.3 is 0 Å². The van der Waals surface area contributed by atoms with Crippen LogP contribution in [0.15, 0.2) is 225 Å². The predicted octanol–water partition coefficient (Wildman–Crippen LogP) is 19.9. The SMILES string of the molecule is CCCCN(CCCC)C(=O)c1cc(C)n(-c2ccc(-c3ccc(F)c(C#N)c3)cc2C(=O)N2Cc3ccccc3C[C@H]2CO)n1.CCCCN(CCCC)C(=O)c1cc(C)n(-c2ccc(-c3ccc(NC(C)=O)cc3)cc2C(=O)N2Cc3ccccc3C[C@H]2CO)n1.CCCCN(CCCC)C(=O)c1cc(C)n(-c2ccc(-c3cnc4ccccc4c3)cc2C(=O)N2Cc3ccccc3C[C@H]2CO)n1. The standard InChI is InChI=1S/C39H43N5O3.C38H45N5O4.C37H40FN5O3/c1-4-6-18-42(19-7-5-2)39(47)36-20-27(3)44(41-36)37-17-16-29(32-21-30-13-10-11-15-35(30)40-24-32)23-34(37)38(46)43-25-31-14-9-8-12-28(31)22-33(43)26-45;1-5-7-19-41(20-8-6-2)38(47)35-21-26(3)43(40-35)36-18-15-30(28-13-16-32(17-14-28)39-27(4)45)23-34(36)37(46)42-24-31-12-10-9-11-29(31)22-33(42)25-44;1-4-6-16-41(17-7-5-2)37(46)34-18-25(3)43(40-34)35-15-13-28(27-12-14-33(38)30(19-27)22-39)21-32(35)36(45)42-23-29-11-9-8-10-26(29)20-31(42)24-44/h8-17,20-21,23-24,33,45H,4-7,18-19,22,25-26H2,1-3H3;9-18,21,23,33,44H,5-8,19-20,22,24-25H2,1-4H3,(H,39,45);8-15,18-19,21,31,44H,4-7,16-17,20,23-24H2,1-3H3/t2*33-;31-/m000/s1. The molecule has 726 valence electrons. The van der Waals surface area contributed by atoms with Crippen molar-refractivity contribution in [2.45, 2.75) is 203 Å². The molecule has 3 aliphatic rings. The van der Waals surface area contributed by atoms with Crippen LogP contribution in [-0.4, -0.2) is 198 Å². The highest BCUT2D eigenvalue weighted by atomic mass is 19.1. The molecule has 0 saturated carbocycles. The highest BCUT2D eigenvalue weighted by molar-refractivity contribution is 6.03. The van der Waals surface area contributed by atoms with Gasteiger partial charge in [0.15, 0.2) is 17.1 Å². The number of nitrogens with zero attached hydrogens (tertiary/aromatic N) is 14. The molecule has 16 rings (SSSR count). The van der Waals surface area contributed by atoms with Crippen LogP contribution in [0.1, 0.15) is 244 Å². The van der Waals surface area contributed by atoms with E-state index in [2.05, 4.69) is 64.0 Å². The number of carbonyl (C=O) groups is 7. The van der Waals surface area contributed by atoms with E-state index in [1.54, 1.807) is 65.1 Å². The molecule has 3 atom stereocenters. The highest BCUT2D eigenvalue weighted by Gasteiger charge is 2.37. The van der Waals surface area contributed by atoms with E-state index in [0.717, 1.165) is 155 Å². The summed E-state index contributed by atoms with van der Waals surface area (Å²) in [5.41, 5.74) is 18.7. The topological polar surface area (TPSA) is 302 Å². The molecular weight excluding hydrogens is 1760 g/mol. The largest absolute Gasteiger partial charge is 0.394 e. The maximum atomic E-state index is 14.6. The van der Waals surface area contributed by atoms with E-state index in [1.807, 2.05) is 205 Å². The van der Waals surface area contributed by atoms with Gasteiger partial charge in [0, 0.05) is 106 Å². The quantitative estimate of drug-likeness (QED) is 0.0291. The number of fused-ring (bicyclic) bond motifs is 4. The van der Waals surface area contributed by atoms with Gasteiger partial charge in [0.25, 0.3) is 35.4 Å². The van der Waals surface area contributed by atoms with Crippen molar-refractivity contribution in [3.8, 4) is 56.5 Å². The van der Waals surface area contributed by atoms with Gasteiger partial charge in [-0.1, -0.05) is 207 Å². The molecule has 0 aliphatic carbocycles. The number of nitriles is 1. The van der Waals surface area contributed by atoms with Gasteiger partial charge in [0.1, 0.15) is 11.9 Å². The van der Waals surface area contributed by atoms with Crippen LogP contribution < -0.4 is 5.32 Å². The molecule has 0 radical (unpaired) electrons. The van der Waals surface area contributed by atoms with E-state index in [1.165, 1.54) is 19.1 Å². The number of benzene rings is 9. The maximum absolute atomic E-state index is 14.6. The van der Waals surface area contributed by atoms with Crippen molar-refractivity contribution in [1.82, 2.24) is 63.7 Å². The molecule has 140 heavy (non-hydrogen) atoms. The number of aliphatic hydroxyl groups excluding tert-OH is 3. The minimum absolute atomic E-state index is 0.0894. The zero-order valence-corrected chi connectivity index (χ0v) is 82.0. The Balaban J connectivity index is 0.000000167. The summed E-state index contributed by atoms with van der Waals surface area (Å²) in [5, 5.41) is 58.7. The molecule has 4 aromatic heterocycles. The Bertz CT molecular complexity index is 6630. The number of pyridine rings is 1. The van der Waals surface area contributed by atoms with Crippen LogP contribution in [0.5, 0.6) is 0 Å². The highest BCUT2D eigenvalue weighted by Crippen LogP contribution is 2.38. The molecule has 3 aliphatic heterocycles. The summed E-state index contributed by atoms with van der Waals surface area (Å²) >= 11 is 0. The Hall–Kier alpha value is -14.4. The summed E-state index contributed by atoms with van der Waals surface area (Å²) in [7, 11) is 0. The third-order valence-corrected chi connectivity index (χ3v) is 26.6. The van der Waals surface area contributed by atoms with E-state index < -0.39 is 11.9 Å². The molecule has 0 unspecified atom stereocenters. The first-order valence-electron chi connectivity index (χ1n) is 49.3. The van der Waals surface area contributed by atoms with E-state index in [0.29, 0.717) is 152 Å². The number of hydrogen-bond acceptors (Lipinski definition) is 15. The second kappa shape index (κ2) is 47.8. The zero-order chi connectivity index (χ0) is 99.2. The first-order chi connectivity index (χ1) is 67.9. The number of anilines is 1. The average molecular weight is 1890 g/mol. The van der Waals surface area contributed by atoms with Crippen LogP contribution in [0.2, 0.25) is 0 Å². The van der Waals surface area contributed by atoms with Gasteiger partial charge in [-0.25, -0.2) is 18.4 Å². The number of unbranched alkanes of at least 4 members (excludes halogenated alkanes) is 6. The molecule has 7 heterocycles. The molecular formula is C114H128FN15O10. The number of carbonyl (C=O) groups excluding carboxylic acids is 7. The van der Waals surface area contributed by atoms with Crippen LogP contribution in [0.4, 0.5) is 10.1 Å². The van der Waals surface area contributed by atoms with Crippen LogP contribution >= 0.6 is 0 Å². The Morgan fingerprint density at radius 3 is 1.05 bits per heavy atom. The van der Waals surface area contributed by atoms with E-state index in [-0.39, 0.29) is 78.8 Å². The number of halogens is 1. The Labute approximate surface area is 819 Å². The normalized spacial score (nSPS) is 14.2. The smallest absolute Gasteiger partial charge is 0.274 e. The van der Waals surface area contributed by atoms with Crippen LogP contribution in [-0.2, 0) is 43.7 Å². The predicted molar refractivity (Wildman–Crippen MR) is 545 cm³/mol. The first-order valence-corrected chi connectivity index (χ1v) is 49.3. The number of aryl methyl sites for hydroxylation is 3. The lowest BCUT2D eigenvalue weighted by Gasteiger charge is -2.36. The van der Waals surface area contributed by atoms with Crippen LogP contribution in [0, 0.1) is 37.9 Å². The van der Waals surface area contributed by atoms with Crippen molar-refractivity contribution >= 4 is 57.9 Å². The first kappa shape index (κ1) is 102. The molecule has 7 amide bonds. The molecule has 4 N–H and O–H groups in total. The monoisotopic (exact) mass is 1890 g/mol. The molecule has 13 aromatic rings. The Morgan fingerprint density at radius 2 is 0.707 bits per heavy atom. The minimum Gasteiger partial charge on any atom is -0.394 e. The zero-order valence-electron chi connectivity index (χ0n) is 82.0. The summed E-state index contributed by atoms with van der Waals surface area (Å²) in [4.78, 5) is 112. The van der Waals surface area contributed by atoms with Crippen molar-refractivity contribution in [2.24, 2.45) is 0 Å². The molecule has 0 spiro atoms. The number of para-hydroxylation sites is 1.